The van der Waals surface area contributed by atoms with Crippen LogP contribution in [0.2, 0.25) is 0 Å². The molecule has 0 aliphatic heterocycles. The van der Waals surface area contributed by atoms with Crippen molar-refractivity contribution in [2.24, 2.45) is 0 Å². The van der Waals surface area contributed by atoms with Crippen molar-refractivity contribution in [2.45, 2.75) is 26.4 Å². The summed E-state index contributed by atoms with van der Waals surface area (Å²) in [6.07, 6.45) is 0. The maximum atomic E-state index is 13.2. The van der Waals surface area contributed by atoms with Crippen molar-refractivity contribution in [3.63, 3.8) is 0 Å². The summed E-state index contributed by atoms with van der Waals surface area (Å²) >= 11 is 1.68. The normalized spacial score (nSPS) is 12.4. The van der Waals surface area contributed by atoms with Crippen molar-refractivity contribution in [1.82, 2.24) is 10.3 Å². The summed E-state index contributed by atoms with van der Waals surface area (Å²) in [4.78, 5) is 7.91. The number of hydrogen-bond donors (Lipinski definition) is 1. The molecule has 0 bridgehead atoms. The zero-order chi connectivity index (χ0) is 14.7. The molecule has 0 spiro atoms. The van der Waals surface area contributed by atoms with Gasteiger partial charge in [-0.2, -0.15) is 0 Å². The zero-order valence-corrected chi connectivity index (χ0v) is 13.1. The first-order valence-electron chi connectivity index (χ1n) is 6.61. The van der Waals surface area contributed by atoms with Crippen molar-refractivity contribution in [2.75, 3.05) is 19.0 Å². The van der Waals surface area contributed by atoms with E-state index in [1.165, 1.54) is 10.9 Å². The van der Waals surface area contributed by atoms with Crippen molar-refractivity contribution in [1.29, 1.82) is 0 Å². The zero-order valence-electron chi connectivity index (χ0n) is 12.3. The van der Waals surface area contributed by atoms with Gasteiger partial charge in [-0.3, -0.25) is 0 Å². The number of benzene rings is 1. The fourth-order valence-electron chi connectivity index (χ4n) is 2.07. The van der Waals surface area contributed by atoms with E-state index in [0.29, 0.717) is 12.6 Å². The van der Waals surface area contributed by atoms with E-state index in [9.17, 15) is 4.39 Å². The first-order chi connectivity index (χ1) is 9.51. The Kier molecular flexibility index (Phi) is 4.73. The van der Waals surface area contributed by atoms with Crippen LogP contribution >= 0.6 is 11.3 Å². The molecule has 0 saturated carbocycles. The molecular weight excluding hydrogens is 273 g/mol. The lowest BCUT2D eigenvalue weighted by atomic mass is 10.2. The Morgan fingerprint density at radius 1 is 1.45 bits per heavy atom. The summed E-state index contributed by atoms with van der Waals surface area (Å²) in [6.45, 7) is 4.80. The average molecular weight is 293 g/mol. The van der Waals surface area contributed by atoms with Gasteiger partial charge in [-0.05, 0) is 38.6 Å². The summed E-state index contributed by atoms with van der Waals surface area (Å²) < 4.78 is 13.2. The molecule has 5 heteroatoms. The predicted octanol–water partition coefficient (Wildman–Crippen LogP) is 3.51. The maximum absolute atomic E-state index is 13.2. The second kappa shape index (κ2) is 6.33. The molecule has 2 aromatic rings. The molecular formula is C15H20FN3S. The molecule has 1 aromatic carbocycles. The van der Waals surface area contributed by atoms with Crippen LogP contribution < -0.4 is 10.2 Å². The van der Waals surface area contributed by atoms with Gasteiger partial charge in [0.1, 0.15) is 5.82 Å². The number of halogens is 1. The Morgan fingerprint density at radius 3 is 2.85 bits per heavy atom. The van der Waals surface area contributed by atoms with Crippen LogP contribution in [0.4, 0.5) is 9.52 Å². The van der Waals surface area contributed by atoms with Gasteiger partial charge < -0.3 is 10.2 Å². The summed E-state index contributed by atoms with van der Waals surface area (Å²) in [5.41, 5.74) is 2.00. The molecule has 0 aliphatic carbocycles. The van der Waals surface area contributed by atoms with Gasteiger partial charge in [-0.15, -0.1) is 11.3 Å². The molecule has 2 rings (SSSR count). The number of nitrogens with one attached hydrogen (secondary N) is 1. The Bertz CT molecular complexity index is 582. The van der Waals surface area contributed by atoms with Crippen molar-refractivity contribution in [3.8, 4) is 0 Å². The van der Waals surface area contributed by atoms with E-state index in [4.69, 9.17) is 0 Å². The van der Waals surface area contributed by atoms with Crippen molar-refractivity contribution >= 4 is 16.5 Å². The van der Waals surface area contributed by atoms with E-state index >= 15 is 0 Å². The molecule has 3 nitrogen and oxygen atoms in total. The minimum atomic E-state index is -0.198. The molecule has 0 radical (unpaired) electrons. The number of anilines is 1. The summed E-state index contributed by atoms with van der Waals surface area (Å²) in [5, 5.41) is 4.20. The van der Waals surface area contributed by atoms with Gasteiger partial charge in [0.05, 0.1) is 5.69 Å². The van der Waals surface area contributed by atoms with Crippen LogP contribution in [-0.4, -0.2) is 19.1 Å². The van der Waals surface area contributed by atoms with Gasteiger partial charge in [0.15, 0.2) is 5.13 Å². The van der Waals surface area contributed by atoms with Gasteiger partial charge in [0.25, 0.3) is 0 Å². The van der Waals surface area contributed by atoms with Gasteiger partial charge in [0, 0.05) is 24.5 Å². The van der Waals surface area contributed by atoms with Crippen LogP contribution in [0.25, 0.3) is 0 Å². The molecule has 0 amide bonds. The number of aryl methyl sites for hydroxylation is 1. The Labute approximate surface area is 123 Å². The lowest BCUT2D eigenvalue weighted by Gasteiger charge is -2.15. The maximum Gasteiger partial charge on any atom is 0.185 e. The lowest BCUT2D eigenvalue weighted by molar-refractivity contribution is 0.625. The van der Waals surface area contributed by atoms with E-state index in [0.717, 1.165) is 16.4 Å². The Hall–Kier alpha value is -1.46. The van der Waals surface area contributed by atoms with E-state index in [-0.39, 0.29) is 5.82 Å². The van der Waals surface area contributed by atoms with Crippen LogP contribution in [0.15, 0.2) is 24.3 Å². The van der Waals surface area contributed by atoms with Crippen LogP contribution in [0.5, 0.6) is 0 Å². The smallest absolute Gasteiger partial charge is 0.185 e. The molecule has 0 fully saturated rings. The van der Waals surface area contributed by atoms with Gasteiger partial charge in [0.2, 0.25) is 0 Å². The van der Waals surface area contributed by atoms with Crippen LogP contribution in [0.3, 0.4) is 0 Å². The third-order valence-electron chi connectivity index (χ3n) is 3.28. The summed E-state index contributed by atoms with van der Waals surface area (Å²) in [5.74, 6) is -0.198. The standard InChI is InChI=1S/C15H20FN3S/c1-10(17-3)14-11(2)18-15(20-14)19(4)9-12-6-5-7-13(16)8-12/h5-8,10,17H,9H2,1-4H3. The monoisotopic (exact) mass is 293 g/mol. The van der Waals surface area contributed by atoms with Crippen molar-refractivity contribution in [3.05, 3.63) is 46.2 Å². The predicted molar refractivity (Wildman–Crippen MR) is 82.8 cm³/mol. The first kappa shape index (κ1) is 14.9. The van der Waals surface area contributed by atoms with E-state index in [1.54, 1.807) is 23.5 Å². The van der Waals surface area contributed by atoms with Gasteiger partial charge in [-0.1, -0.05) is 12.1 Å². The van der Waals surface area contributed by atoms with E-state index in [2.05, 4.69) is 22.1 Å². The first-order valence-corrected chi connectivity index (χ1v) is 7.43. The highest BCUT2D eigenvalue weighted by atomic mass is 32.1. The highest BCUT2D eigenvalue weighted by molar-refractivity contribution is 7.15. The molecule has 1 atom stereocenters. The van der Waals surface area contributed by atoms with Gasteiger partial charge >= 0.3 is 0 Å². The highest BCUT2D eigenvalue weighted by Crippen LogP contribution is 2.30. The fourth-order valence-corrected chi connectivity index (χ4v) is 3.15. The summed E-state index contributed by atoms with van der Waals surface area (Å²) in [7, 11) is 3.93. The van der Waals surface area contributed by atoms with Crippen LogP contribution in [0.1, 0.15) is 29.1 Å². The average Bonchev–Trinajstić information content (AvgIpc) is 2.80. The minimum absolute atomic E-state index is 0.198. The number of thiazole rings is 1. The minimum Gasteiger partial charge on any atom is -0.347 e. The number of nitrogens with zero attached hydrogens (tertiary/aromatic N) is 2. The molecule has 1 unspecified atom stereocenters. The third kappa shape index (κ3) is 3.35. The molecule has 1 N–H and O–H groups in total. The van der Waals surface area contributed by atoms with E-state index in [1.807, 2.05) is 27.1 Å². The Balaban J connectivity index is 2.15. The summed E-state index contributed by atoms with van der Waals surface area (Å²) in [6, 6.07) is 6.98. The second-order valence-corrected chi connectivity index (χ2v) is 5.95. The highest BCUT2D eigenvalue weighted by Gasteiger charge is 2.15. The molecule has 1 aromatic heterocycles. The molecule has 0 saturated heterocycles. The number of aromatic nitrogens is 1. The molecule has 0 aliphatic rings. The van der Waals surface area contributed by atoms with Crippen molar-refractivity contribution < 1.29 is 4.39 Å². The molecule has 108 valence electrons. The Morgan fingerprint density at radius 2 is 2.20 bits per heavy atom. The number of rotatable bonds is 5. The SMILES string of the molecule is CNC(C)c1sc(N(C)Cc2cccc(F)c2)nc1C. The fraction of sp³-hybridized carbons (Fsp3) is 0.400. The molecule has 20 heavy (non-hydrogen) atoms. The number of hydrogen-bond acceptors (Lipinski definition) is 4. The van der Waals surface area contributed by atoms with E-state index < -0.39 is 0 Å². The molecule has 1 heterocycles. The quantitative estimate of drug-likeness (QED) is 0.914. The second-order valence-electron chi connectivity index (χ2n) is 4.94. The third-order valence-corrected chi connectivity index (χ3v) is 4.74. The topological polar surface area (TPSA) is 28.2 Å². The van der Waals surface area contributed by atoms with Crippen LogP contribution in [0, 0.1) is 12.7 Å². The lowest BCUT2D eigenvalue weighted by Crippen LogP contribution is -2.16. The largest absolute Gasteiger partial charge is 0.347 e. The van der Waals surface area contributed by atoms with Crippen LogP contribution in [-0.2, 0) is 6.54 Å². The van der Waals surface area contributed by atoms with Gasteiger partial charge in [-0.25, -0.2) is 9.37 Å².